The first-order chi connectivity index (χ1) is 10.1. The van der Waals surface area contributed by atoms with Gasteiger partial charge in [0.15, 0.2) is 0 Å². The van der Waals surface area contributed by atoms with Crippen LogP contribution in [-0.4, -0.2) is 51.9 Å². The van der Waals surface area contributed by atoms with E-state index in [1.165, 1.54) is 0 Å². The summed E-state index contributed by atoms with van der Waals surface area (Å²) in [4.78, 5) is 0. The summed E-state index contributed by atoms with van der Waals surface area (Å²) in [5.41, 5.74) is 6.77. The minimum absolute atomic E-state index is 0.125. The monoisotopic (exact) mass is 299 g/mol. The summed E-state index contributed by atoms with van der Waals surface area (Å²) in [5.74, 6) is 1.29. The normalized spacial score (nSPS) is 13.8. The van der Waals surface area contributed by atoms with Crippen molar-refractivity contribution in [3.8, 4) is 11.5 Å². The van der Waals surface area contributed by atoms with Gasteiger partial charge in [-0.2, -0.15) is 0 Å². The highest BCUT2D eigenvalue weighted by Gasteiger charge is 2.12. The van der Waals surface area contributed by atoms with Gasteiger partial charge in [-0.15, -0.1) is 0 Å². The second kappa shape index (κ2) is 9.57. The molecule has 6 heteroatoms. The van der Waals surface area contributed by atoms with Crippen molar-refractivity contribution < 1.29 is 24.1 Å². The molecule has 21 heavy (non-hydrogen) atoms. The third-order valence-electron chi connectivity index (χ3n) is 2.88. The van der Waals surface area contributed by atoms with Gasteiger partial charge in [-0.3, -0.25) is 0 Å². The highest BCUT2D eigenvalue weighted by atomic mass is 16.5. The van der Waals surface area contributed by atoms with Gasteiger partial charge in [0.1, 0.15) is 24.2 Å². The van der Waals surface area contributed by atoms with Gasteiger partial charge in [0.2, 0.25) is 0 Å². The van der Waals surface area contributed by atoms with E-state index in [9.17, 15) is 5.11 Å². The zero-order chi connectivity index (χ0) is 15.7. The standard InChI is InChI=1S/C15H25NO5/c1-11(16)14-5-4-13(19-3)8-15(14)21-10-12(17)9-20-7-6-18-2/h4-5,8,11-12,17H,6-7,9-10,16H2,1-3H3/t11-,12?/m1/s1. The van der Waals surface area contributed by atoms with Crippen molar-refractivity contribution in [1.29, 1.82) is 0 Å². The Labute approximate surface area is 125 Å². The maximum absolute atomic E-state index is 9.81. The fourth-order valence-corrected chi connectivity index (χ4v) is 1.74. The van der Waals surface area contributed by atoms with Crippen LogP contribution in [0.25, 0.3) is 0 Å². The molecule has 1 rings (SSSR count). The molecule has 0 amide bonds. The van der Waals surface area contributed by atoms with E-state index < -0.39 is 6.10 Å². The largest absolute Gasteiger partial charge is 0.497 e. The number of benzene rings is 1. The summed E-state index contributed by atoms with van der Waals surface area (Å²) in [5, 5.41) is 9.81. The molecule has 2 atom stereocenters. The molecule has 0 aliphatic heterocycles. The lowest BCUT2D eigenvalue weighted by Gasteiger charge is -2.17. The third-order valence-corrected chi connectivity index (χ3v) is 2.88. The van der Waals surface area contributed by atoms with Crippen molar-refractivity contribution in [3.63, 3.8) is 0 Å². The highest BCUT2D eigenvalue weighted by Crippen LogP contribution is 2.28. The van der Waals surface area contributed by atoms with E-state index in [0.29, 0.717) is 24.7 Å². The second-order valence-corrected chi connectivity index (χ2v) is 4.72. The summed E-state index contributed by atoms with van der Waals surface area (Å²) < 4.78 is 20.9. The highest BCUT2D eigenvalue weighted by molar-refractivity contribution is 5.42. The van der Waals surface area contributed by atoms with Crippen LogP contribution in [0.5, 0.6) is 11.5 Å². The zero-order valence-electron chi connectivity index (χ0n) is 12.9. The van der Waals surface area contributed by atoms with Gasteiger partial charge in [-0.25, -0.2) is 0 Å². The SMILES string of the molecule is COCCOCC(O)COc1cc(OC)ccc1[C@@H](C)N. The van der Waals surface area contributed by atoms with Gasteiger partial charge >= 0.3 is 0 Å². The fraction of sp³-hybridized carbons (Fsp3) is 0.600. The van der Waals surface area contributed by atoms with Crippen molar-refractivity contribution in [2.75, 3.05) is 40.6 Å². The Balaban J connectivity index is 2.52. The van der Waals surface area contributed by atoms with Crippen LogP contribution in [0.1, 0.15) is 18.5 Å². The van der Waals surface area contributed by atoms with Crippen molar-refractivity contribution in [2.45, 2.75) is 19.1 Å². The van der Waals surface area contributed by atoms with Gasteiger partial charge in [0, 0.05) is 24.8 Å². The fourth-order valence-electron chi connectivity index (χ4n) is 1.74. The number of ether oxygens (including phenoxy) is 4. The first-order valence-corrected chi connectivity index (χ1v) is 6.89. The summed E-state index contributed by atoms with van der Waals surface area (Å²) in [7, 11) is 3.18. The van der Waals surface area contributed by atoms with Crippen molar-refractivity contribution in [1.82, 2.24) is 0 Å². The molecule has 1 aromatic rings. The van der Waals surface area contributed by atoms with Crippen LogP contribution in [0, 0.1) is 0 Å². The molecule has 3 N–H and O–H groups in total. The van der Waals surface area contributed by atoms with Crippen LogP contribution < -0.4 is 15.2 Å². The molecule has 120 valence electrons. The summed E-state index contributed by atoms with van der Waals surface area (Å²) in [6, 6.07) is 5.29. The van der Waals surface area contributed by atoms with Crippen molar-refractivity contribution in [2.24, 2.45) is 5.73 Å². The minimum Gasteiger partial charge on any atom is -0.497 e. The van der Waals surface area contributed by atoms with Crippen LogP contribution in [0.15, 0.2) is 18.2 Å². The Hall–Kier alpha value is -1.34. The quantitative estimate of drug-likeness (QED) is 0.630. The maximum Gasteiger partial charge on any atom is 0.127 e. The minimum atomic E-state index is -0.714. The molecule has 0 spiro atoms. The molecule has 0 saturated heterocycles. The molecular weight excluding hydrogens is 274 g/mol. The van der Waals surface area contributed by atoms with Crippen LogP contribution in [0.3, 0.4) is 0 Å². The average molecular weight is 299 g/mol. The smallest absolute Gasteiger partial charge is 0.127 e. The number of rotatable bonds is 10. The van der Waals surface area contributed by atoms with Gasteiger partial charge in [0.05, 0.1) is 26.9 Å². The second-order valence-electron chi connectivity index (χ2n) is 4.72. The van der Waals surface area contributed by atoms with Crippen molar-refractivity contribution >= 4 is 0 Å². The number of aliphatic hydroxyl groups is 1. The molecule has 0 saturated carbocycles. The Morgan fingerprint density at radius 3 is 2.57 bits per heavy atom. The first-order valence-electron chi connectivity index (χ1n) is 6.89. The molecule has 0 fully saturated rings. The van der Waals surface area contributed by atoms with Gasteiger partial charge in [-0.1, -0.05) is 6.07 Å². The van der Waals surface area contributed by atoms with Crippen LogP contribution >= 0.6 is 0 Å². The Morgan fingerprint density at radius 2 is 1.95 bits per heavy atom. The third kappa shape index (κ3) is 6.31. The van der Waals surface area contributed by atoms with E-state index in [4.69, 9.17) is 24.7 Å². The Morgan fingerprint density at radius 1 is 1.19 bits per heavy atom. The van der Waals surface area contributed by atoms with Gasteiger partial charge in [0.25, 0.3) is 0 Å². The van der Waals surface area contributed by atoms with E-state index >= 15 is 0 Å². The lowest BCUT2D eigenvalue weighted by molar-refractivity contribution is -0.00437. The zero-order valence-corrected chi connectivity index (χ0v) is 12.9. The van der Waals surface area contributed by atoms with Gasteiger partial charge in [-0.05, 0) is 13.0 Å². The molecule has 1 aromatic carbocycles. The number of hydrogen-bond donors (Lipinski definition) is 2. The number of methoxy groups -OCH3 is 2. The average Bonchev–Trinajstić information content (AvgIpc) is 2.49. The van der Waals surface area contributed by atoms with E-state index in [2.05, 4.69) is 0 Å². The maximum atomic E-state index is 9.81. The molecule has 0 aliphatic rings. The number of hydrogen-bond acceptors (Lipinski definition) is 6. The first kappa shape index (κ1) is 17.7. The molecule has 6 nitrogen and oxygen atoms in total. The number of aliphatic hydroxyl groups excluding tert-OH is 1. The van der Waals surface area contributed by atoms with Crippen molar-refractivity contribution in [3.05, 3.63) is 23.8 Å². The Kier molecular flexibility index (Phi) is 8.07. The summed E-state index contributed by atoms with van der Waals surface area (Å²) >= 11 is 0. The lowest BCUT2D eigenvalue weighted by atomic mass is 10.1. The molecule has 0 aliphatic carbocycles. The van der Waals surface area contributed by atoms with Crippen LogP contribution in [-0.2, 0) is 9.47 Å². The lowest BCUT2D eigenvalue weighted by Crippen LogP contribution is -2.25. The molecule has 0 bridgehead atoms. The molecule has 1 unspecified atom stereocenters. The van der Waals surface area contributed by atoms with Gasteiger partial charge < -0.3 is 29.8 Å². The van der Waals surface area contributed by atoms with E-state index in [-0.39, 0.29) is 19.3 Å². The number of nitrogens with two attached hydrogens (primary N) is 1. The summed E-state index contributed by atoms with van der Waals surface area (Å²) in [6.45, 7) is 3.13. The van der Waals surface area contributed by atoms with E-state index in [1.807, 2.05) is 19.1 Å². The van der Waals surface area contributed by atoms with E-state index in [0.717, 1.165) is 5.56 Å². The Bertz CT molecular complexity index is 411. The topological polar surface area (TPSA) is 83.2 Å². The molecule has 0 radical (unpaired) electrons. The molecule has 0 heterocycles. The van der Waals surface area contributed by atoms with Crippen LogP contribution in [0.4, 0.5) is 0 Å². The molecule has 0 aromatic heterocycles. The van der Waals surface area contributed by atoms with Crippen LogP contribution in [0.2, 0.25) is 0 Å². The molecular formula is C15H25NO5. The predicted molar refractivity (Wildman–Crippen MR) is 79.8 cm³/mol. The predicted octanol–water partition coefficient (Wildman–Crippen LogP) is 1.12. The van der Waals surface area contributed by atoms with E-state index in [1.54, 1.807) is 20.3 Å². The summed E-state index contributed by atoms with van der Waals surface area (Å²) in [6.07, 6.45) is -0.714.